The van der Waals surface area contributed by atoms with Gasteiger partial charge in [-0.1, -0.05) is 24.2 Å². The minimum atomic E-state index is -0.621. The minimum absolute atomic E-state index is 0.223. The summed E-state index contributed by atoms with van der Waals surface area (Å²) in [6.07, 6.45) is 6.11. The molecule has 0 bridgehead atoms. The number of carbonyl (C=O) groups is 1. The summed E-state index contributed by atoms with van der Waals surface area (Å²) in [5.41, 5.74) is 0.281. The Morgan fingerprint density at radius 2 is 1.81 bits per heavy atom. The van der Waals surface area contributed by atoms with Crippen LogP contribution >= 0.6 is 11.3 Å². The van der Waals surface area contributed by atoms with Gasteiger partial charge in [0.05, 0.1) is 0 Å². The van der Waals surface area contributed by atoms with Gasteiger partial charge in [0, 0.05) is 36.6 Å². The topological polar surface area (TPSA) is 46.1 Å². The first-order valence-electron chi connectivity index (χ1n) is 9.19. The summed E-state index contributed by atoms with van der Waals surface area (Å²) < 4.78 is 27.0. The van der Waals surface area contributed by atoms with Crippen LogP contribution in [0.5, 0.6) is 0 Å². The second-order valence-electron chi connectivity index (χ2n) is 7.15. The van der Waals surface area contributed by atoms with Crippen molar-refractivity contribution in [2.45, 2.75) is 44.4 Å². The molecule has 2 fully saturated rings. The third kappa shape index (κ3) is 3.49. The Morgan fingerprint density at radius 3 is 2.50 bits per heavy atom. The largest absolute Gasteiger partial charge is 0.342 e. The van der Waals surface area contributed by atoms with Crippen molar-refractivity contribution in [3.63, 3.8) is 0 Å². The molecule has 138 valence electrons. The van der Waals surface area contributed by atoms with E-state index in [1.165, 1.54) is 36.3 Å². The van der Waals surface area contributed by atoms with Crippen molar-refractivity contribution in [3.05, 3.63) is 34.8 Å². The molecule has 1 aromatic heterocycles. The van der Waals surface area contributed by atoms with Crippen LogP contribution in [0.3, 0.4) is 0 Å². The maximum atomic E-state index is 13.9. The van der Waals surface area contributed by atoms with E-state index in [0.29, 0.717) is 10.9 Å². The Hall–Kier alpha value is -1.89. The van der Waals surface area contributed by atoms with Gasteiger partial charge >= 0.3 is 0 Å². The van der Waals surface area contributed by atoms with Crippen molar-refractivity contribution in [1.29, 1.82) is 0 Å². The van der Waals surface area contributed by atoms with Crippen LogP contribution in [0, 0.1) is 17.6 Å². The van der Waals surface area contributed by atoms with Crippen LogP contribution in [0.15, 0.2) is 18.2 Å². The van der Waals surface area contributed by atoms with Crippen LogP contribution in [0.4, 0.5) is 8.78 Å². The zero-order valence-electron chi connectivity index (χ0n) is 14.5. The molecule has 1 aliphatic heterocycles. The number of hydrogen-bond acceptors (Lipinski definition) is 4. The highest BCUT2D eigenvalue weighted by atomic mass is 32.1. The number of benzene rings is 1. The van der Waals surface area contributed by atoms with Gasteiger partial charge in [0.15, 0.2) is 5.01 Å². The third-order valence-corrected chi connectivity index (χ3v) is 6.58. The Bertz CT molecular complexity index is 796. The van der Waals surface area contributed by atoms with E-state index in [1.54, 1.807) is 0 Å². The van der Waals surface area contributed by atoms with Crippen molar-refractivity contribution in [3.8, 4) is 10.6 Å². The summed E-state index contributed by atoms with van der Waals surface area (Å²) in [6, 6.07) is 3.49. The SMILES string of the molecule is O=C(C1CCCC1)N1CCC(c2nnc(-c3ccc(F)cc3F)s2)CC1. The van der Waals surface area contributed by atoms with E-state index in [4.69, 9.17) is 0 Å². The van der Waals surface area contributed by atoms with Crippen LogP contribution in [0.2, 0.25) is 0 Å². The number of halogens is 2. The van der Waals surface area contributed by atoms with Crippen LogP contribution in [-0.4, -0.2) is 34.1 Å². The quantitative estimate of drug-likeness (QED) is 0.797. The fraction of sp³-hybridized carbons (Fsp3) is 0.526. The normalized spacial score (nSPS) is 19.2. The summed E-state index contributed by atoms with van der Waals surface area (Å²) in [5, 5.41) is 9.67. The molecule has 7 heteroatoms. The standard InChI is InChI=1S/C19H21F2N3OS/c20-14-5-6-15(16(21)11-14)18-23-22-17(26-18)12-7-9-24(10-8-12)19(25)13-3-1-2-4-13/h5-6,11-13H,1-4,7-10H2. The van der Waals surface area contributed by atoms with E-state index >= 15 is 0 Å². The van der Waals surface area contributed by atoms with Gasteiger partial charge in [-0.2, -0.15) is 0 Å². The molecule has 4 rings (SSSR count). The molecule has 2 aliphatic rings. The average molecular weight is 377 g/mol. The molecule has 0 unspecified atom stereocenters. The molecule has 2 heterocycles. The van der Waals surface area contributed by atoms with Gasteiger partial charge < -0.3 is 4.90 Å². The lowest BCUT2D eigenvalue weighted by atomic mass is 9.96. The maximum absolute atomic E-state index is 13.9. The Labute approximate surface area is 155 Å². The molecule has 0 atom stereocenters. The molecule has 4 nitrogen and oxygen atoms in total. The maximum Gasteiger partial charge on any atom is 0.225 e. The second-order valence-corrected chi connectivity index (χ2v) is 8.16. The minimum Gasteiger partial charge on any atom is -0.342 e. The molecule has 0 spiro atoms. The second kappa shape index (κ2) is 7.39. The molecule has 26 heavy (non-hydrogen) atoms. The number of amides is 1. The zero-order valence-corrected chi connectivity index (χ0v) is 15.3. The third-order valence-electron chi connectivity index (χ3n) is 5.46. The van der Waals surface area contributed by atoms with Crippen molar-refractivity contribution in [1.82, 2.24) is 15.1 Å². The molecule has 0 radical (unpaired) electrons. The molecular formula is C19H21F2N3OS. The molecule has 1 saturated carbocycles. The molecule has 0 N–H and O–H groups in total. The van der Waals surface area contributed by atoms with E-state index in [0.717, 1.165) is 49.8 Å². The fourth-order valence-corrected chi connectivity index (χ4v) is 4.99. The first kappa shape index (κ1) is 17.5. The van der Waals surface area contributed by atoms with Crippen molar-refractivity contribution in [2.75, 3.05) is 13.1 Å². The predicted molar refractivity (Wildman–Crippen MR) is 95.8 cm³/mol. The van der Waals surface area contributed by atoms with Crippen LogP contribution < -0.4 is 0 Å². The summed E-state index contributed by atoms with van der Waals surface area (Å²) >= 11 is 1.36. The van der Waals surface area contributed by atoms with E-state index in [1.807, 2.05) is 4.90 Å². The van der Waals surface area contributed by atoms with Gasteiger partial charge in [0.2, 0.25) is 5.91 Å². The van der Waals surface area contributed by atoms with Gasteiger partial charge in [-0.3, -0.25) is 4.79 Å². The highest BCUT2D eigenvalue weighted by molar-refractivity contribution is 7.14. The van der Waals surface area contributed by atoms with Crippen molar-refractivity contribution in [2.24, 2.45) is 5.92 Å². The number of carbonyl (C=O) groups excluding carboxylic acids is 1. The van der Waals surface area contributed by atoms with Crippen molar-refractivity contribution >= 4 is 17.2 Å². The van der Waals surface area contributed by atoms with Gasteiger partial charge in [0.1, 0.15) is 16.6 Å². The number of nitrogens with zero attached hydrogens (tertiary/aromatic N) is 3. The van der Waals surface area contributed by atoms with Crippen molar-refractivity contribution < 1.29 is 13.6 Å². The summed E-state index contributed by atoms with van der Waals surface area (Å²) in [6.45, 7) is 1.50. The van der Waals surface area contributed by atoms with Crippen LogP contribution in [-0.2, 0) is 4.79 Å². The van der Waals surface area contributed by atoms with Gasteiger partial charge in [-0.15, -0.1) is 10.2 Å². The highest BCUT2D eigenvalue weighted by Crippen LogP contribution is 2.35. The van der Waals surface area contributed by atoms with E-state index in [-0.39, 0.29) is 17.4 Å². The Morgan fingerprint density at radius 1 is 1.08 bits per heavy atom. The smallest absolute Gasteiger partial charge is 0.225 e. The molecule has 2 aromatic rings. The predicted octanol–water partition coefficient (Wildman–Crippen LogP) is 4.38. The number of aromatic nitrogens is 2. The summed E-state index contributed by atoms with van der Waals surface area (Å²) in [4.78, 5) is 14.5. The lowest BCUT2D eigenvalue weighted by Gasteiger charge is -2.32. The zero-order chi connectivity index (χ0) is 18.1. The number of hydrogen-bond donors (Lipinski definition) is 0. The number of likely N-dealkylation sites (tertiary alicyclic amines) is 1. The fourth-order valence-electron chi connectivity index (χ4n) is 3.95. The lowest BCUT2D eigenvalue weighted by molar-refractivity contribution is -0.136. The van der Waals surface area contributed by atoms with Crippen LogP contribution in [0.1, 0.15) is 49.5 Å². The van der Waals surface area contributed by atoms with E-state index < -0.39 is 11.6 Å². The monoisotopic (exact) mass is 377 g/mol. The van der Waals surface area contributed by atoms with Gasteiger partial charge in [-0.05, 0) is 37.8 Å². The number of rotatable bonds is 3. The average Bonchev–Trinajstić information content (AvgIpc) is 3.33. The first-order chi connectivity index (χ1) is 12.6. The van der Waals surface area contributed by atoms with E-state index in [9.17, 15) is 13.6 Å². The molecule has 1 saturated heterocycles. The molecule has 1 aromatic carbocycles. The van der Waals surface area contributed by atoms with E-state index in [2.05, 4.69) is 10.2 Å². The first-order valence-corrected chi connectivity index (χ1v) is 10.0. The van der Waals surface area contributed by atoms with Gasteiger partial charge in [0.25, 0.3) is 0 Å². The Balaban J connectivity index is 1.40. The van der Waals surface area contributed by atoms with Gasteiger partial charge in [-0.25, -0.2) is 8.78 Å². The number of piperidine rings is 1. The lowest BCUT2D eigenvalue weighted by Crippen LogP contribution is -2.40. The molecular weight excluding hydrogens is 356 g/mol. The molecule has 1 amide bonds. The Kier molecular flexibility index (Phi) is 4.98. The molecule has 1 aliphatic carbocycles. The highest BCUT2D eigenvalue weighted by Gasteiger charge is 2.31. The summed E-state index contributed by atoms with van der Waals surface area (Å²) in [5.74, 6) is -0.439. The summed E-state index contributed by atoms with van der Waals surface area (Å²) in [7, 11) is 0. The van der Waals surface area contributed by atoms with Crippen LogP contribution in [0.25, 0.3) is 10.6 Å².